The first-order valence-corrected chi connectivity index (χ1v) is 7.44. The molecule has 0 atom stereocenters. The molecule has 1 aliphatic rings. The number of benzene rings is 1. The quantitative estimate of drug-likeness (QED) is 0.838. The summed E-state index contributed by atoms with van der Waals surface area (Å²) in [5.74, 6) is 1.72. The van der Waals surface area contributed by atoms with Crippen LogP contribution in [0.4, 0.5) is 0 Å². The zero-order valence-corrected chi connectivity index (χ0v) is 11.9. The van der Waals surface area contributed by atoms with E-state index in [4.69, 9.17) is 0 Å². The summed E-state index contributed by atoms with van der Waals surface area (Å²) in [7, 11) is 0. The van der Waals surface area contributed by atoms with Gasteiger partial charge in [0, 0.05) is 4.47 Å². The number of hydrogen-bond acceptors (Lipinski definition) is 1. The molecule has 0 spiro atoms. The SMILES string of the molecule is Brc1ccc2nc(C=CC3CCCCC3)[nH]c2c1. The van der Waals surface area contributed by atoms with E-state index in [9.17, 15) is 0 Å². The van der Waals surface area contributed by atoms with Crippen LogP contribution < -0.4 is 0 Å². The Kier molecular flexibility index (Phi) is 3.50. The zero-order chi connectivity index (χ0) is 12.4. The average molecular weight is 305 g/mol. The first-order valence-electron chi connectivity index (χ1n) is 6.65. The molecule has 0 bridgehead atoms. The summed E-state index contributed by atoms with van der Waals surface area (Å²) in [5, 5.41) is 0. The van der Waals surface area contributed by atoms with E-state index < -0.39 is 0 Å². The van der Waals surface area contributed by atoms with Gasteiger partial charge in [0.25, 0.3) is 0 Å². The molecule has 0 aliphatic heterocycles. The van der Waals surface area contributed by atoms with Crippen LogP contribution in [-0.2, 0) is 0 Å². The number of rotatable bonds is 2. The Morgan fingerprint density at radius 2 is 2.06 bits per heavy atom. The van der Waals surface area contributed by atoms with Crippen molar-refractivity contribution in [3.05, 3.63) is 34.6 Å². The maximum absolute atomic E-state index is 4.58. The fourth-order valence-electron chi connectivity index (χ4n) is 2.63. The molecule has 0 radical (unpaired) electrons. The van der Waals surface area contributed by atoms with Crippen molar-refractivity contribution in [1.29, 1.82) is 0 Å². The van der Waals surface area contributed by atoms with Crippen LogP contribution in [0, 0.1) is 5.92 Å². The van der Waals surface area contributed by atoms with Crippen LogP contribution in [0.25, 0.3) is 17.1 Å². The molecule has 94 valence electrons. The van der Waals surface area contributed by atoms with Gasteiger partial charge in [-0.1, -0.05) is 41.3 Å². The van der Waals surface area contributed by atoms with Crippen LogP contribution in [0.1, 0.15) is 37.9 Å². The lowest BCUT2D eigenvalue weighted by Gasteiger charge is -2.17. The zero-order valence-electron chi connectivity index (χ0n) is 10.3. The highest BCUT2D eigenvalue weighted by Gasteiger charge is 2.10. The van der Waals surface area contributed by atoms with E-state index in [2.05, 4.69) is 44.1 Å². The highest BCUT2D eigenvalue weighted by atomic mass is 79.9. The molecule has 1 saturated carbocycles. The van der Waals surface area contributed by atoms with E-state index in [-0.39, 0.29) is 0 Å². The largest absolute Gasteiger partial charge is 0.338 e. The van der Waals surface area contributed by atoms with Gasteiger partial charge in [-0.05, 0) is 43.0 Å². The summed E-state index contributed by atoms with van der Waals surface area (Å²) in [6, 6.07) is 6.13. The van der Waals surface area contributed by atoms with Crippen LogP contribution in [-0.4, -0.2) is 9.97 Å². The summed E-state index contributed by atoms with van der Waals surface area (Å²) in [5.41, 5.74) is 2.12. The van der Waals surface area contributed by atoms with E-state index in [0.29, 0.717) is 0 Å². The number of allylic oxidation sites excluding steroid dienone is 1. The maximum atomic E-state index is 4.58. The lowest BCUT2D eigenvalue weighted by molar-refractivity contribution is 0.420. The van der Waals surface area contributed by atoms with Crippen LogP contribution in [0.3, 0.4) is 0 Å². The molecule has 3 rings (SSSR count). The molecule has 2 aromatic rings. The van der Waals surface area contributed by atoms with Gasteiger partial charge >= 0.3 is 0 Å². The topological polar surface area (TPSA) is 28.7 Å². The second-order valence-electron chi connectivity index (χ2n) is 5.04. The second kappa shape index (κ2) is 5.27. The Balaban J connectivity index is 1.79. The van der Waals surface area contributed by atoms with E-state index in [1.165, 1.54) is 32.1 Å². The van der Waals surface area contributed by atoms with E-state index >= 15 is 0 Å². The highest BCUT2D eigenvalue weighted by Crippen LogP contribution is 2.25. The molecule has 1 aromatic carbocycles. The number of hydrogen-bond donors (Lipinski definition) is 1. The Bertz CT molecular complexity index is 565. The number of halogens is 1. The number of nitrogens with zero attached hydrogens (tertiary/aromatic N) is 1. The lowest BCUT2D eigenvalue weighted by Crippen LogP contribution is -2.02. The molecule has 1 aliphatic carbocycles. The predicted molar refractivity (Wildman–Crippen MR) is 79.4 cm³/mol. The first-order chi connectivity index (χ1) is 8.81. The Labute approximate surface area is 116 Å². The van der Waals surface area contributed by atoms with Gasteiger partial charge in [0.2, 0.25) is 0 Å². The van der Waals surface area contributed by atoms with Gasteiger partial charge in [-0.25, -0.2) is 4.98 Å². The normalized spacial score (nSPS) is 17.8. The molecule has 0 amide bonds. The summed E-state index contributed by atoms with van der Waals surface area (Å²) >= 11 is 3.48. The van der Waals surface area contributed by atoms with E-state index in [0.717, 1.165) is 27.2 Å². The van der Waals surface area contributed by atoms with Gasteiger partial charge in [-0.2, -0.15) is 0 Å². The van der Waals surface area contributed by atoms with Crippen molar-refractivity contribution in [2.45, 2.75) is 32.1 Å². The summed E-state index contributed by atoms with van der Waals surface area (Å²) in [6.45, 7) is 0. The third-order valence-electron chi connectivity index (χ3n) is 3.64. The molecule has 3 heteroatoms. The van der Waals surface area contributed by atoms with Gasteiger partial charge < -0.3 is 4.98 Å². The number of aromatic nitrogens is 2. The minimum atomic E-state index is 0.749. The third-order valence-corrected chi connectivity index (χ3v) is 4.13. The average Bonchev–Trinajstić information content (AvgIpc) is 2.79. The first kappa shape index (κ1) is 12.0. The molecule has 18 heavy (non-hydrogen) atoms. The van der Waals surface area contributed by atoms with Crippen LogP contribution in [0.15, 0.2) is 28.7 Å². The van der Waals surface area contributed by atoms with Gasteiger partial charge in [0.15, 0.2) is 0 Å². The van der Waals surface area contributed by atoms with Crippen LogP contribution in [0.5, 0.6) is 0 Å². The van der Waals surface area contributed by atoms with Crippen molar-refractivity contribution < 1.29 is 0 Å². The standard InChI is InChI=1S/C15H17BrN2/c16-12-7-8-13-14(10-12)18-15(17-13)9-6-11-4-2-1-3-5-11/h6-11H,1-5H2,(H,17,18). The van der Waals surface area contributed by atoms with E-state index in [1.54, 1.807) is 0 Å². The van der Waals surface area contributed by atoms with Gasteiger partial charge in [0.1, 0.15) is 5.82 Å². The summed E-state index contributed by atoms with van der Waals surface area (Å²) in [4.78, 5) is 7.92. The van der Waals surface area contributed by atoms with Crippen LogP contribution >= 0.6 is 15.9 Å². The van der Waals surface area contributed by atoms with E-state index in [1.807, 2.05) is 12.1 Å². The van der Waals surface area contributed by atoms with Crippen molar-refractivity contribution in [2.24, 2.45) is 5.92 Å². The number of fused-ring (bicyclic) bond motifs is 1. The Morgan fingerprint density at radius 1 is 1.22 bits per heavy atom. The minimum absolute atomic E-state index is 0.749. The third kappa shape index (κ3) is 2.66. The summed E-state index contributed by atoms with van der Waals surface area (Å²) in [6.07, 6.45) is 11.3. The number of H-pyrrole nitrogens is 1. The number of nitrogens with one attached hydrogen (secondary N) is 1. The maximum Gasteiger partial charge on any atom is 0.130 e. The van der Waals surface area contributed by atoms with Crippen molar-refractivity contribution in [3.8, 4) is 0 Å². The lowest BCUT2D eigenvalue weighted by atomic mass is 9.89. The molecule has 1 fully saturated rings. The number of aromatic amines is 1. The molecule has 0 unspecified atom stereocenters. The van der Waals surface area contributed by atoms with Gasteiger partial charge in [-0.3, -0.25) is 0 Å². The monoisotopic (exact) mass is 304 g/mol. The smallest absolute Gasteiger partial charge is 0.130 e. The highest BCUT2D eigenvalue weighted by molar-refractivity contribution is 9.10. The Morgan fingerprint density at radius 3 is 2.89 bits per heavy atom. The van der Waals surface area contributed by atoms with Crippen LogP contribution in [0.2, 0.25) is 0 Å². The van der Waals surface area contributed by atoms with Crippen molar-refractivity contribution >= 4 is 33.0 Å². The fraction of sp³-hybridized carbons (Fsp3) is 0.400. The molecular weight excluding hydrogens is 288 g/mol. The molecular formula is C15H17BrN2. The predicted octanol–water partition coefficient (Wildman–Crippen LogP) is 4.92. The van der Waals surface area contributed by atoms with Crippen molar-refractivity contribution in [1.82, 2.24) is 9.97 Å². The van der Waals surface area contributed by atoms with Gasteiger partial charge in [0.05, 0.1) is 11.0 Å². The fourth-order valence-corrected chi connectivity index (χ4v) is 3.00. The number of imidazole rings is 1. The molecule has 0 saturated heterocycles. The summed E-state index contributed by atoms with van der Waals surface area (Å²) < 4.78 is 1.08. The minimum Gasteiger partial charge on any atom is -0.338 e. The molecule has 2 nitrogen and oxygen atoms in total. The Hall–Kier alpha value is -1.09. The van der Waals surface area contributed by atoms with Gasteiger partial charge in [-0.15, -0.1) is 0 Å². The molecule has 1 aromatic heterocycles. The van der Waals surface area contributed by atoms with Crippen molar-refractivity contribution in [2.75, 3.05) is 0 Å². The molecule has 1 heterocycles. The molecule has 1 N–H and O–H groups in total. The van der Waals surface area contributed by atoms with Crippen molar-refractivity contribution in [3.63, 3.8) is 0 Å². The second-order valence-corrected chi connectivity index (χ2v) is 5.96.